The minimum atomic E-state index is -0.291. The molecule has 1 aromatic heterocycles. The van der Waals surface area contributed by atoms with Crippen LogP contribution >= 0.6 is 0 Å². The van der Waals surface area contributed by atoms with Gasteiger partial charge in [0.1, 0.15) is 6.34 Å². The van der Waals surface area contributed by atoms with Crippen LogP contribution in [-0.4, -0.2) is 33.3 Å². The Hall–Kier alpha value is -2.31. The lowest BCUT2D eigenvalue weighted by Crippen LogP contribution is -2.54. The second kappa shape index (κ2) is 4.86. The molecular weight excluding hydrogens is 280 g/mol. The first kappa shape index (κ1) is 13.4. The van der Waals surface area contributed by atoms with Crippen molar-refractivity contribution in [2.45, 2.75) is 45.4 Å². The first-order valence-electron chi connectivity index (χ1n) is 7.81. The molecule has 1 amide bonds. The molecule has 4 rings (SSSR count). The first-order valence-corrected chi connectivity index (χ1v) is 7.81. The number of nitrogens with one attached hydrogen (secondary N) is 1. The monoisotopic (exact) mass is 300 g/mol. The van der Waals surface area contributed by atoms with Gasteiger partial charge in [0.05, 0.1) is 11.9 Å². The molecule has 0 aromatic carbocycles. The molecule has 1 aromatic rings. The molecule has 7 nitrogen and oxygen atoms in total. The summed E-state index contributed by atoms with van der Waals surface area (Å²) in [4.78, 5) is 14.5. The minimum Gasteiger partial charge on any atom is -0.352 e. The van der Waals surface area contributed by atoms with Crippen LogP contribution in [0.1, 0.15) is 39.2 Å². The number of carbonyl (C=O) groups excluding carboxylic acids is 1. The standard InChI is InChI=1S/C15H20N6O/c1-10(2)20-8-12(6-17-20)19-9-18-21-14(22)13(7-16-15(19)21)11-4-3-5-11/h6-11,15-16H,3-5H2,1-2H3. The van der Waals surface area contributed by atoms with E-state index in [-0.39, 0.29) is 12.2 Å². The Labute approximate surface area is 129 Å². The van der Waals surface area contributed by atoms with Gasteiger partial charge in [0.2, 0.25) is 6.29 Å². The molecule has 3 heterocycles. The largest absolute Gasteiger partial charge is 0.352 e. The van der Waals surface area contributed by atoms with Crippen molar-refractivity contribution < 1.29 is 4.79 Å². The average molecular weight is 300 g/mol. The van der Waals surface area contributed by atoms with Gasteiger partial charge in [0.15, 0.2) is 0 Å². The third kappa shape index (κ3) is 1.92. The molecule has 2 aliphatic heterocycles. The molecule has 1 atom stereocenters. The lowest BCUT2D eigenvalue weighted by Gasteiger charge is -2.36. The van der Waals surface area contributed by atoms with Crippen LogP contribution in [0.15, 0.2) is 29.3 Å². The van der Waals surface area contributed by atoms with Crippen molar-refractivity contribution in [1.82, 2.24) is 20.1 Å². The van der Waals surface area contributed by atoms with Crippen LogP contribution in [0.5, 0.6) is 0 Å². The number of aromatic nitrogens is 2. The molecule has 22 heavy (non-hydrogen) atoms. The minimum absolute atomic E-state index is 0.0171. The van der Waals surface area contributed by atoms with Crippen molar-refractivity contribution in [1.29, 1.82) is 0 Å². The van der Waals surface area contributed by atoms with Gasteiger partial charge in [-0.25, -0.2) is 0 Å². The fourth-order valence-corrected chi connectivity index (χ4v) is 2.99. The average Bonchev–Trinajstić information content (AvgIpc) is 3.05. The maximum Gasteiger partial charge on any atom is 0.275 e. The predicted octanol–water partition coefficient (Wildman–Crippen LogP) is 1.63. The third-order valence-corrected chi connectivity index (χ3v) is 4.60. The summed E-state index contributed by atoms with van der Waals surface area (Å²) in [6.07, 6.45) is 10.5. The van der Waals surface area contributed by atoms with Crippen LogP contribution in [0.25, 0.3) is 0 Å². The van der Waals surface area contributed by atoms with Crippen molar-refractivity contribution in [2.75, 3.05) is 4.90 Å². The highest BCUT2D eigenvalue weighted by atomic mass is 16.2. The van der Waals surface area contributed by atoms with Gasteiger partial charge in [0.25, 0.3) is 5.91 Å². The molecule has 0 spiro atoms. The molecule has 3 aliphatic rings. The van der Waals surface area contributed by atoms with Gasteiger partial charge in [0, 0.05) is 24.0 Å². The Kier molecular flexibility index (Phi) is 2.95. The summed E-state index contributed by atoms with van der Waals surface area (Å²) in [5.41, 5.74) is 1.78. The van der Waals surface area contributed by atoms with Crippen LogP contribution in [-0.2, 0) is 4.79 Å². The van der Waals surface area contributed by atoms with Crippen LogP contribution in [0.3, 0.4) is 0 Å². The van der Waals surface area contributed by atoms with E-state index in [1.165, 1.54) is 11.4 Å². The highest BCUT2D eigenvalue weighted by molar-refractivity contribution is 5.98. The van der Waals surface area contributed by atoms with E-state index >= 15 is 0 Å². The maximum absolute atomic E-state index is 12.6. The second-order valence-corrected chi connectivity index (χ2v) is 6.33. The van der Waals surface area contributed by atoms with Crippen molar-refractivity contribution in [3.8, 4) is 0 Å². The highest BCUT2D eigenvalue weighted by Gasteiger charge is 2.41. The van der Waals surface area contributed by atoms with Crippen molar-refractivity contribution >= 4 is 17.9 Å². The molecule has 1 aliphatic carbocycles. The number of rotatable bonds is 3. The fraction of sp³-hybridized carbons (Fsp3) is 0.533. The van der Waals surface area contributed by atoms with Crippen LogP contribution in [0, 0.1) is 5.92 Å². The van der Waals surface area contributed by atoms with Crippen LogP contribution in [0.2, 0.25) is 0 Å². The lowest BCUT2D eigenvalue weighted by molar-refractivity contribution is -0.131. The Balaban J connectivity index is 1.57. The Bertz CT molecular complexity index is 657. The van der Waals surface area contributed by atoms with E-state index in [4.69, 9.17) is 0 Å². The van der Waals surface area contributed by atoms with E-state index in [0.29, 0.717) is 12.0 Å². The highest BCUT2D eigenvalue weighted by Crippen LogP contribution is 2.36. The molecule has 1 N–H and O–H groups in total. The fourth-order valence-electron chi connectivity index (χ4n) is 2.99. The van der Waals surface area contributed by atoms with Crippen molar-refractivity contribution in [3.05, 3.63) is 24.2 Å². The number of hydrogen-bond acceptors (Lipinski definition) is 5. The number of carbonyl (C=O) groups is 1. The smallest absolute Gasteiger partial charge is 0.275 e. The summed E-state index contributed by atoms with van der Waals surface area (Å²) in [7, 11) is 0. The molecule has 0 bridgehead atoms. The molecule has 1 saturated carbocycles. The molecule has 0 radical (unpaired) electrons. The Morgan fingerprint density at radius 2 is 2.18 bits per heavy atom. The summed E-state index contributed by atoms with van der Waals surface area (Å²) in [5.74, 6) is 0.414. The maximum atomic E-state index is 12.6. The molecule has 7 heteroatoms. The number of nitrogens with zero attached hydrogens (tertiary/aromatic N) is 5. The van der Waals surface area contributed by atoms with Crippen molar-refractivity contribution in [3.63, 3.8) is 0 Å². The zero-order valence-electron chi connectivity index (χ0n) is 12.8. The summed E-state index contributed by atoms with van der Waals surface area (Å²) in [6, 6.07) is 0.301. The van der Waals surface area contributed by atoms with Gasteiger partial charge >= 0.3 is 0 Å². The number of fused-ring (bicyclic) bond motifs is 1. The number of hydrogen-bond donors (Lipinski definition) is 1. The molecule has 1 unspecified atom stereocenters. The molecule has 1 fully saturated rings. The Morgan fingerprint density at radius 1 is 1.36 bits per heavy atom. The second-order valence-electron chi connectivity index (χ2n) is 6.33. The first-order chi connectivity index (χ1) is 10.6. The number of anilines is 1. The van der Waals surface area contributed by atoms with Gasteiger partial charge in [-0.15, -0.1) is 0 Å². The quantitative estimate of drug-likeness (QED) is 0.921. The van der Waals surface area contributed by atoms with E-state index in [9.17, 15) is 4.79 Å². The third-order valence-electron chi connectivity index (χ3n) is 4.60. The van der Waals surface area contributed by atoms with Gasteiger partial charge in [-0.2, -0.15) is 15.2 Å². The zero-order valence-corrected chi connectivity index (χ0v) is 12.8. The predicted molar refractivity (Wildman–Crippen MR) is 82.8 cm³/mol. The van der Waals surface area contributed by atoms with E-state index in [0.717, 1.165) is 24.1 Å². The summed E-state index contributed by atoms with van der Waals surface area (Å²) in [6.45, 7) is 4.16. The lowest BCUT2D eigenvalue weighted by atomic mass is 9.79. The van der Waals surface area contributed by atoms with Gasteiger partial charge < -0.3 is 5.32 Å². The Morgan fingerprint density at radius 3 is 2.82 bits per heavy atom. The summed E-state index contributed by atoms with van der Waals surface area (Å²) in [5, 5.41) is 13.5. The van der Waals surface area contributed by atoms with E-state index in [1.54, 1.807) is 12.5 Å². The summed E-state index contributed by atoms with van der Waals surface area (Å²) < 4.78 is 1.89. The zero-order chi connectivity index (χ0) is 15.3. The topological polar surface area (TPSA) is 65.8 Å². The van der Waals surface area contributed by atoms with E-state index in [1.807, 2.05) is 22.0 Å². The summed E-state index contributed by atoms with van der Waals surface area (Å²) >= 11 is 0. The van der Waals surface area contributed by atoms with Crippen LogP contribution < -0.4 is 10.2 Å². The van der Waals surface area contributed by atoms with E-state index in [2.05, 4.69) is 29.4 Å². The van der Waals surface area contributed by atoms with E-state index < -0.39 is 0 Å². The number of amides is 1. The normalized spacial score (nSPS) is 24.4. The molecule has 0 saturated heterocycles. The van der Waals surface area contributed by atoms with Gasteiger partial charge in [-0.05, 0) is 32.6 Å². The molecular formula is C15H20N6O. The molecule has 116 valence electrons. The SMILES string of the molecule is CC(C)n1cc(N2C=NN3C(=O)C(C4CCC4)=CNC32)cn1. The van der Waals surface area contributed by atoms with Gasteiger partial charge in [-0.3, -0.25) is 14.4 Å². The number of hydrazone groups is 1. The van der Waals surface area contributed by atoms with Crippen LogP contribution in [0.4, 0.5) is 5.69 Å². The van der Waals surface area contributed by atoms with Crippen molar-refractivity contribution in [2.24, 2.45) is 11.0 Å². The van der Waals surface area contributed by atoms with Gasteiger partial charge in [-0.1, -0.05) is 6.42 Å².